The molecule has 0 bridgehead atoms. The molecule has 9 heteroatoms. The van der Waals surface area contributed by atoms with Crippen LogP contribution in [0.3, 0.4) is 0 Å². The molecule has 0 amide bonds. The van der Waals surface area contributed by atoms with Gasteiger partial charge >= 0.3 is 0 Å². The van der Waals surface area contributed by atoms with Crippen molar-refractivity contribution in [1.29, 1.82) is 0 Å². The average Bonchev–Trinajstić information content (AvgIpc) is 2.75. The Morgan fingerprint density at radius 3 is 2.66 bits per heavy atom. The molecule has 1 N–H and O–H groups in total. The third-order valence-corrected chi connectivity index (χ3v) is 7.79. The summed E-state index contributed by atoms with van der Waals surface area (Å²) in [6.45, 7) is 4.98. The standard InChI is InChI=1S/C23H25ClN2O5S/c1-15-9-16(2)19-11-17(23(27)25-21(19)10-15)12-26(13-18-14-30-7-8-31-18)32(28,29)22-6-4-3-5-20(22)24/h3-6,9-11,18H,7-8,12-14H2,1-2H3,(H,25,27)/t18-/m0/s1. The lowest BCUT2D eigenvalue weighted by Crippen LogP contribution is -2.43. The molecular formula is C23H25ClN2O5S. The van der Waals surface area contributed by atoms with Gasteiger partial charge in [-0.05, 0) is 49.2 Å². The second-order valence-electron chi connectivity index (χ2n) is 7.96. The minimum atomic E-state index is -4.00. The minimum absolute atomic E-state index is 0.0117. The van der Waals surface area contributed by atoms with Crippen molar-refractivity contribution in [2.45, 2.75) is 31.4 Å². The second-order valence-corrected chi connectivity index (χ2v) is 10.3. The number of hydrogen-bond donors (Lipinski definition) is 1. The van der Waals surface area contributed by atoms with E-state index in [1.165, 1.54) is 16.4 Å². The Morgan fingerprint density at radius 2 is 1.94 bits per heavy atom. The van der Waals surface area contributed by atoms with Crippen molar-refractivity contribution in [2.24, 2.45) is 0 Å². The lowest BCUT2D eigenvalue weighted by molar-refractivity contribution is -0.0923. The van der Waals surface area contributed by atoms with E-state index in [2.05, 4.69) is 4.98 Å². The third-order valence-electron chi connectivity index (χ3n) is 5.48. The van der Waals surface area contributed by atoms with Gasteiger partial charge in [0.1, 0.15) is 4.90 Å². The Kier molecular flexibility index (Phi) is 6.69. The summed E-state index contributed by atoms with van der Waals surface area (Å²) in [5, 5.41) is 0.995. The van der Waals surface area contributed by atoms with Crippen LogP contribution in [0.15, 0.2) is 52.2 Å². The van der Waals surface area contributed by atoms with E-state index in [-0.39, 0.29) is 35.2 Å². The summed E-state index contributed by atoms with van der Waals surface area (Å²) >= 11 is 6.21. The molecule has 0 saturated carbocycles. The number of hydrogen-bond acceptors (Lipinski definition) is 5. The van der Waals surface area contributed by atoms with Crippen LogP contribution >= 0.6 is 11.6 Å². The number of benzene rings is 2. The number of ether oxygens (including phenoxy) is 2. The Morgan fingerprint density at radius 1 is 1.16 bits per heavy atom. The highest BCUT2D eigenvalue weighted by Gasteiger charge is 2.31. The normalized spacial score (nSPS) is 17.2. The molecule has 4 rings (SSSR count). The summed E-state index contributed by atoms with van der Waals surface area (Å²) < 4.78 is 39.5. The van der Waals surface area contributed by atoms with Gasteiger partial charge in [0, 0.05) is 29.6 Å². The van der Waals surface area contributed by atoms with Crippen LogP contribution in [0.4, 0.5) is 0 Å². The van der Waals surface area contributed by atoms with Gasteiger partial charge in [-0.2, -0.15) is 4.31 Å². The quantitative estimate of drug-likeness (QED) is 0.589. The van der Waals surface area contributed by atoms with E-state index in [1.54, 1.807) is 18.2 Å². The largest absolute Gasteiger partial charge is 0.376 e. The van der Waals surface area contributed by atoms with Crippen LogP contribution in [-0.4, -0.2) is 50.2 Å². The fraction of sp³-hybridized carbons (Fsp3) is 0.348. The first kappa shape index (κ1) is 22.9. The van der Waals surface area contributed by atoms with Crippen LogP contribution in [0.2, 0.25) is 5.02 Å². The van der Waals surface area contributed by atoms with Crippen molar-refractivity contribution in [3.05, 3.63) is 74.5 Å². The molecule has 2 aromatic carbocycles. The van der Waals surface area contributed by atoms with E-state index >= 15 is 0 Å². The van der Waals surface area contributed by atoms with Gasteiger partial charge in [-0.25, -0.2) is 8.42 Å². The molecule has 1 aliphatic rings. The number of nitrogens with one attached hydrogen (secondary N) is 1. The van der Waals surface area contributed by atoms with Crippen molar-refractivity contribution < 1.29 is 17.9 Å². The van der Waals surface area contributed by atoms with Crippen LogP contribution in [0.1, 0.15) is 16.7 Å². The SMILES string of the molecule is Cc1cc(C)c2cc(CN(C[C@H]3COCCO3)S(=O)(=O)c3ccccc3Cl)c(=O)[nH]c2c1. The molecule has 0 radical (unpaired) electrons. The summed E-state index contributed by atoms with van der Waals surface area (Å²) in [7, 11) is -4.00. The lowest BCUT2D eigenvalue weighted by Gasteiger charge is -2.29. The zero-order valence-electron chi connectivity index (χ0n) is 17.9. The molecule has 0 spiro atoms. The molecule has 7 nitrogen and oxygen atoms in total. The number of rotatable bonds is 6. The van der Waals surface area contributed by atoms with E-state index in [0.29, 0.717) is 18.8 Å². The van der Waals surface area contributed by atoms with Crippen LogP contribution in [0, 0.1) is 13.8 Å². The predicted octanol–water partition coefficient (Wildman–Crippen LogP) is 3.40. The number of H-pyrrole nitrogens is 1. The summed E-state index contributed by atoms with van der Waals surface area (Å²) in [5.41, 5.74) is 2.78. The van der Waals surface area contributed by atoms with Crippen molar-refractivity contribution in [2.75, 3.05) is 26.4 Å². The fourth-order valence-electron chi connectivity index (χ4n) is 3.93. The molecule has 32 heavy (non-hydrogen) atoms. The third kappa shape index (κ3) is 4.74. The number of aryl methyl sites for hydroxylation is 2. The molecule has 1 aromatic heterocycles. The number of fused-ring (bicyclic) bond motifs is 1. The van der Waals surface area contributed by atoms with Crippen LogP contribution < -0.4 is 5.56 Å². The Hall–Kier alpha value is -2.23. The van der Waals surface area contributed by atoms with E-state index in [4.69, 9.17) is 21.1 Å². The topological polar surface area (TPSA) is 88.7 Å². The van der Waals surface area contributed by atoms with Gasteiger partial charge < -0.3 is 14.5 Å². The average molecular weight is 477 g/mol. The van der Waals surface area contributed by atoms with Gasteiger partial charge in [-0.1, -0.05) is 29.8 Å². The number of aromatic amines is 1. The summed E-state index contributed by atoms with van der Waals surface area (Å²) in [6, 6.07) is 12.0. The molecule has 170 valence electrons. The monoisotopic (exact) mass is 476 g/mol. The Labute approximate surface area is 192 Å². The van der Waals surface area contributed by atoms with Crippen LogP contribution in [0.25, 0.3) is 10.9 Å². The zero-order chi connectivity index (χ0) is 22.9. The molecule has 1 atom stereocenters. The van der Waals surface area contributed by atoms with Crippen molar-refractivity contribution in [3.63, 3.8) is 0 Å². The molecular weight excluding hydrogens is 452 g/mol. The molecule has 0 aliphatic carbocycles. The molecule has 0 unspecified atom stereocenters. The van der Waals surface area contributed by atoms with Gasteiger partial charge in [0.2, 0.25) is 10.0 Å². The van der Waals surface area contributed by atoms with E-state index in [1.807, 2.05) is 26.0 Å². The summed E-state index contributed by atoms with van der Waals surface area (Å²) in [5.74, 6) is 0. The predicted molar refractivity (Wildman–Crippen MR) is 124 cm³/mol. The summed E-state index contributed by atoms with van der Waals surface area (Å²) in [6.07, 6.45) is -0.440. The highest BCUT2D eigenvalue weighted by atomic mass is 35.5. The van der Waals surface area contributed by atoms with Gasteiger partial charge in [0.15, 0.2) is 0 Å². The highest BCUT2D eigenvalue weighted by molar-refractivity contribution is 7.89. The molecule has 2 heterocycles. The maximum atomic E-state index is 13.6. The molecule has 1 saturated heterocycles. The number of halogens is 1. The smallest absolute Gasteiger partial charge is 0.252 e. The lowest BCUT2D eigenvalue weighted by atomic mass is 10.0. The molecule has 1 fully saturated rings. The number of nitrogens with zero attached hydrogens (tertiary/aromatic N) is 1. The fourth-order valence-corrected chi connectivity index (χ4v) is 5.88. The Balaban J connectivity index is 1.76. The van der Waals surface area contributed by atoms with Gasteiger partial charge in [0.25, 0.3) is 5.56 Å². The number of pyridine rings is 1. The van der Waals surface area contributed by atoms with E-state index in [0.717, 1.165) is 22.0 Å². The molecule has 3 aromatic rings. The van der Waals surface area contributed by atoms with Crippen molar-refractivity contribution >= 4 is 32.5 Å². The first-order valence-corrected chi connectivity index (χ1v) is 12.1. The number of aromatic nitrogens is 1. The first-order chi connectivity index (χ1) is 15.3. The number of sulfonamides is 1. The second kappa shape index (κ2) is 9.33. The van der Waals surface area contributed by atoms with Crippen molar-refractivity contribution in [3.8, 4) is 0 Å². The van der Waals surface area contributed by atoms with Crippen LogP contribution in [-0.2, 0) is 26.0 Å². The maximum absolute atomic E-state index is 13.6. The van der Waals surface area contributed by atoms with E-state index < -0.39 is 16.1 Å². The van der Waals surface area contributed by atoms with Gasteiger partial charge in [-0.3, -0.25) is 4.79 Å². The zero-order valence-corrected chi connectivity index (χ0v) is 19.5. The summed E-state index contributed by atoms with van der Waals surface area (Å²) in [4.78, 5) is 15.7. The van der Waals surface area contributed by atoms with Crippen LogP contribution in [0.5, 0.6) is 0 Å². The molecule has 1 aliphatic heterocycles. The van der Waals surface area contributed by atoms with E-state index in [9.17, 15) is 13.2 Å². The van der Waals surface area contributed by atoms with Crippen molar-refractivity contribution in [1.82, 2.24) is 9.29 Å². The first-order valence-electron chi connectivity index (χ1n) is 10.3. The van der Waals surface area contributed by atoms with Gasteiger partial charge in [-0.15, -0.1) is 0 Å². The van der Waals surface area contributed by atoms with Gasteiger partial charge in [0.05, 0.1) is 30.9 Å². The minimum Gasteiger partial charge on any atom is -0.376 e. The highest BCUT2D eigenvalue weighted by Crippen LogP contribution is 2.27. The Bertz CT molecular complexity index is 1300. The maximum Gasteiger partial charge on any atom is 0.252 e.